The van der Waals surface area contributed by atoms with Gasteiger partial charge < -0.3 is 11.3 Å². The molecule has 0 aliphatic carbocycles. The van der Waals surface area contributed by atoms with E-state index in [0.29, 0.717) is 47.1 Å². The number of hydrogen-bond donors (Lipinski definition) is 6. The molecule has 22 nitrogen and oxygen atoms in total. The number of aromatic amines is 4. The smallest absolute Gasteiger partial charge is 0.137 e. The van der Waals surface area contributed by atoms with Crippen molar-refractivity contribution in [1.82, 2.24) is 95.5 Å². The van der Waals surface area contributed by atoms with Gasteiger partial charge in [-0.25, -0.2) is 24.9 Å². The SMILES string of the molecule is CC(C)C.CC(C)C.CC(C)C.CC(C)C.CC(C)C.CC(C)C.CC(C)C.CC(C)C.CC(C)C.CC(C)C.CC(C)CC(C=N)=NN.CC(C)Cc1ccn[nH]1.CC(C)Cc1cn[nH]n1.CC(C)Cc1cncs1.CC(C)Cc1cscn1.CC(C)Cc1nccs1.CC(C)Cc1ncn[nH]1.CC(C)Cc1ncn[nH]1.CC(C)Cn1cccn1.CC(C)Cn1cncn1. The molecule has 9 heterocycles. The summed E-state index contributed by atoms with van der Waals surface area (Å²) in [7, 11) is 0. The van der Waals surface area contributed by atoms with Crippen LogP contribution in [0.1, 0.15) is 391 Å². The second kappa shape index (κ2) is 104. The fraction of sp³-hybridized carbons (Fsp3) is 0.762. The van der Waals surface area contributed by atoms with E-state index in [1.165, 1.54) is 46.6 Å². The molecule has 0 amide bonds. The van der Waals surface area contributed by atoms with Crippen molar-refractivity contribution in [2.45, 2.75) is 411 Å². The van der Waals surface area contributed by atoms with Gasteiger partial charge in [-0.2, -0.15) is 46.0 Å². The molecule has 0 unspecified atom stereocenters. The zero-order valence-corrected chi connectivity index (χ0v) is 96.3. The minimum absolute atomic E-state index is 0.522. The molecule has 130 heavy (non-hydrogen) atoms. The predicted octanol–water partition coefficient (Wildman–Crippen LogP) is 31.7. The third-order valence-corrected chi connectivity index (χ3v) is 13.0. The number of thiazole rings is 3. The molecule has 25 heteroatoms. The van der Waals surface area contributed by atoms with Crippen molar-refractivity contribution in [2.75, 3.05) is 0 Å². The highest BCUT2D eigenvalue weighted by molar-refractivity contribution is 7.09. The summed E-state index contributed by atoms with van der Waals surface area (Å²) in [6.07, 6.45) is 27.0. The number of nitrogens with two attached hydrogens (primary N) is 1. The Morgan fingerprint density at radius 2 is 0.792 bits per heavy atom. The Bertz CT molecular complexity index is 2660. The first kappa shape index (κ1) is 146. The minimum atomic E-state index is 0.522. The lowest BCUT2D eigenvalue weighted by molar-refractivity contribution is 0.482. The maximum absolute atomic E-state index is 6.82. The van der Waals surface area contributed by atoms with Crippen LogP contribution in [0.5, 0.6) is 0 Å². The van der Waals surface area contributed by atoms with E-state index in [1.54, 1.807) is 59.1 Å². The third-order valence-electron chi connectivity index (χ3n) is 10.7. The van der Waals surface area contributed by atoms with Crippen molar-refractivity contribution in [3.8, 4) is 0 Å². The second-order valence-electron chi connectivity index (χ2n) is 42.8. The highest BCUT2D eigenvalue weighted by atomic mass is 32.1. The van der Waals surface area contributed by atoms with Crippen LogP contribution in [-0.4, -0.2) is 107 Å². The minimum Gasteiger partial charge on any atom is -0.323 e. The molecule has 0 fully saturated rings. The molecule has 0 aliphatic heterocycles. The number of hydrazone groups is 1. The summed E-state index contributed by atoms with van der Waals surface area (Å²) >= 11 is 5.15. The van der Waals surface area contributed by atoms with E-state index in [9.17, 15) is 0 Å². The number of hydrogen-bond acceptors (Lipinski definition) is 19. The molecular formula is C105H214N22S3. The molecular weight excluding hydrogens is 1670 g/mol. The summed E-state index contributed by atoms with van der Waals surface area (Å²) < 4.78 is 3.79. The highest BCUT2D eigenvalue weighted by Gasteiger charge is 2.04. The molecule has 0 aromatic carbocycles. The molecule has 762 valence electrons. The van der Waals surface area contributed by atoms with Crippen molar-refractivity contribution in [2.24, 2.45) is 129 Å². The number of nitrogens with one attached hydrogen (secondary N) is 5. The molecule has 9 aromatic rings. The lowest BCUT2D eigenvalue weighted by Gasteiger charge is -2.02. The first-order valence-corrected chi connectivity index (χ1v) is 51.5. The van der Waals surface area contributed by atoms with E-state index in [1.807, 2.05) is 62.7 Å². The largest absolute Gasteiger partial charge is 0.323 e. The summed E-state index contributed by atoms with van der Waals surface area (Å²) in [5, 5.41) is 53.7. The van der Waals surface area contributed by atoms with Crippen molar-refractivity contribution < 1.29 is 0 Å². The maximum atomic E-state index is 6.82. The molecule has 7 N–H and O–H groups in total. The number of rotatable bonds is 21. The fourth-order valence-corrected chi connectivity index (χ4v) is 9.48. The average molecular weight is 1880 g/mol. The van der Waals surface area contributed by atoms with Gasteiger partial charge in [-0.15, -0.1) is 34.0 Å². The van der Waals surface area contributed by atoms with Crippen molar-refractivity contribution in [3.63, 3.8) is 0 Å². The summed E-state index contributed by atoms with van der Waals surface area (Å²) in [6, 6.07) is 3.96. The lowest BCUT2D eigenvalue weighted by Crippen LogP contribution is -2.06. The average Bonchev–Trinajstić information content (AvgIpc) is 1.91. The summed E-state index contributed by atoms with van der Waals surface area (Å²) in [5.41, 5.74) is 7.94. The Balaban J connectivity index is -0.000000129. The van der Waals surface area contributed by atoms with Gasteiger partial charge in [-0.3, -0.25) is 29.6 Å². The first-order chi connectivity index (χ1) is 60.1. The monoisotopic (exact) mass is 1880 g/mol. The van der Waals surface area contributed by atoms with Crippen LogP contribution in [-0.2, 0) is 58.0 Å². The van der Waals surface area contributed by atoms with Crippen LogP contribution in [0.3, 0.4) is 0 Å². The van der Waals surface area contributed by atoms with Crippen molar-refractivity contribution >= 4 is 45.9 Å². The zero-order valence-electron chi connectivity index (χ0n) is 93.9. The maximum Gasteiger partial charge on any atom is 0.137 e. The molecule has 9 aromatic heterocycles. The molecule has 0 bridgehead atoms. The quantitative estimate of drug-likeness (QED) is 0.0221. The van der Waals surface area contributed by atoms with Gasteiger partial charge >= 0.3 is 0 Å². The topological polar surface area (TPSA) is 303 Å². The van der Waals surface area contributed by atoms with Gasteiger partial charge in [0.1, 0.15) is 37.0 Å². The van der Waals surface area contributed by atoms with Crippen LogP contribution in [0.2, 0.25) is 0 Å². The molecule has 0 saturated heterocycles. The highest BCUT2D eigenvalue weighted by Crippen LogP contribution is 2.13. The summed E-state index contributed by atoms with van der Waals surface area (Å²) in [4.78, 5) is 25.5. The van der Waals surface area contributed by atoms with Gasteiger partial charge in [0, 0.05) is 90.9 Å². The van der Waals surface area contributed by atoms with E-state index >= 15 is 0 Å². The standard InChI is InChI=1S/2C7H12N2.3C7H11NS.4C6H11N3.C6H13N3.10C4H10/c1-6(2)5-7-3-4-8-9-7;1-7(2)6-9-5-3-4-8-9;1-6(2)3-7-4-9-5-8-7;1-6(2)3-7-4-8-5-9-7;1-6(2)5-7-8-3-4-9-7;1-6(2)3-9-5-7-4-8-9;2*1-5(2)3-6-7-4-8-9-6;1-5(2)3-6-4-7-9-8-6;1-5(2)3-6(4-7)9-8;10*1-4(2)3/h3-4,6H,5H2,1-2H3,(H,8,9);3-5,7H,6H2,1-2H3;2*4-6H,3H2,1-2H3;3-4,6H,5H2,1-2H3;4-6H,3H2,1-2H3;3*4-5H,3H2,1-2H3,(H,7,8,9);4-5,7H,3,8H2,1-2H3;10*4H,1-3H3. The number of nitrogens with zero attached hydrogens (tertiary/aromatic N) is 16. The molecule has 0 radical (unpaired) electrons. The van der Waals surface area contributed by atoms with E-state index in [0.717, 1.165) is 152 Å². The van der Waals surface area contributed by atoms with Gasteiger partial charge in [0.15, 0.2) is 0 Å². The van der Waals surface area contributed by atoms with Crippen molar-refractivity contribution in [1.29, 1.82) is 5.41 Å². The Hall–Kier alpha value is -6.99. The molecule has 0 aliphatic rings. The van der Waals surface area contributed by atoms with Crippen LogP contribution in [0.25, 0.3) is 0 Å². The Labute approximate surface area is 816 Å². The fourth-order valence-electron chi connectivity index (χ4n) is 7.27. The van der Waals surface area contributed by atoms with E-state index < -0.39 is 0 Å². The van der Waals surface area contributed by atoms with Gasteiger partial charge in [0.2, 0.25) is 0 Å². The normalized spacial score (nSPS) is 10.2. The Kier molecular flexibility index (Phi) is 117. The van der Waals surface area contributed by atoms with Crippen LogP contribution < -0.4 is 5.84 Å². The van der Waals surface area contributed by atoms with Crippen LogP contribution in [0.15, 0.2) is 102 Å². The second-order valence-corrected chi connectivity index (χ2v) is 45.5. The van der Waals surface area contributed by atoms with Crippen LogP contribution in [0.4, 0.5) is 0 Å². The Morgan fingerprint density at radius 1 is 0.385 bits per heavy atom. The van der Waals surface area contributed by atoms with Gasteiger partial charge in [0.05, 0.1) is 39.3 Å². The van der Waals surface area contributed by atoms with E-state index in [4.69, 9.17) is 11.3 Å². The van der Waals surface area contributed by atoms with Gasteiger partial charge in [0.25, 0.3) is 0 Å². The van der Waals surface area contributed by atoms with Gasteiger partial charge in [-0.05, 0) is 163 Å². The lowest BCUT2D eigenvalue weighted by atomic mass is 10.1. The number of H-pyrrole nitrogens is 4. The molecule has 0 atom stereocenters. The molecule has 0 saturated carbocycles. The molecule has 9 rings (SSSR count). The Morgan fingerprint density at radius 3 is 1.05 bits per heavy atom. The van der Waals surface area contributed by atoms with E-state index in [-0.39, 0.29) is 0 Å². The summed E-state index contributed by atoms with van der Waals surface area (Å²) in [6.45, 7) is 110. The van der Waals surface area contributed by atoms with Crippen LogP contribution in [0, 0.1) is 124 Å². The van der Waals surface area contributed by atoms with E-state index in [2.05, 4.69) is 443 Å². The first-order valence-electron chi connectivity index (χ1n) is 48.8. The van der Waals surface area contributed by atoms with Crippen LogP contribution >= 0.6 is 34.0 Å². The zero-order chi connectivity index (χ0) is 103. The molecule has 0 spiro atoms. The number of aromatic nitrogens is 19. The summed E-state index contributed by atoms with van der Waals surface area (Å²) in [5.74, 6) is 22.0. The van der Waals surface area contributed by atoms with Crippen molar-refractivity contribution in [3.05, 3.63) is 135 Å². The van der Waals surface area contributed by atoms with Gasteiger partial charge in [-0.1, -0.05) is 346 Å². The predicted molar refractivity (Wildman–Crippen MR) is 581 cm³/mol. The third kappa shape index (κ3) is 174.